The second-order valence-electron chi connectivity index (χ2n) is 5.00. The molecule has 0 atom stereocenters. The van der Waals surface area contributed by atoms with E-state index >= 15 is 0 Å². The summed E-state index contributed by atoms with van der Waals surface area (Å²) in [4.78, 5) is 14.7. The number of hydrogen-bond acceptors (Lipinski definition) is 5. The first-order chi connectivity index (χ1) is 11.2. The third-order valence-corrected chi connectivity index (χ3v) is 3.17. The van der Waals surface area contributed by atoms with Crippen molar-refractivity contribution in [3.63, 3.8) is 0 Å². The lowest BCUT2D eigenvalue weighted by Gasteiger charge is -2.01. The van der Waals surface area contributed by atoms with Crippen molar-refractivity contribution in [1.82, 2.24) is 15.2 Å². The van der Waals surface area contributed by atoms with Crippen molar-refractivity contribution in [3.8, 4) is 11.3 Å². The van der Waals surface area contributed by atoms with Crippen molar-refractivity contribution in [3.05, 3.63) is 76.1 Å². The molecule has 1 heterocycles. The molecule has 0 aliphatic carbocycles. The fourth-order valence-electron chi connectivity index (χ4n) is 2.09. The minimum Gasteiger partial charge on any atom is -0.288 e. The van der Waals surface area contributed by atoms with Crippen LogP contribution in [0, 0.1) is 6.92 Å². The zero-order valence-electron chi connectivity index (χ0n) is 12.5. The Morgan fingerprint density at radius 1 is 1.09 bits per heavy atom. The first-order valence-corrected chi connectivity index (χ1v) is 7.10. The number of benzene rings is 2. The zero-order chi connectivity index (χ0) is 16.1. The standard InChI is InChI=1S/C17H15N5O/c1-12-6-5-7-13(10-12)11-18-21-17-19-16(23)15(20-22-17)14-8-3-2-4-9-14/h2-11H,1H3,(H2,19,21,22,23)/b18-11+. The number of hydrogen-bond donors (Lipinski definition) is 2. The number of hydrazone groups is 1. The van der Waals surface area contributed by atoms with Gasteiger partial charge in [0, 0.05) is 5.56 Å². The summed E-state index contributed by atoms with van der Waals surface area (Å²) >= 11 is 0. The molecule has 2 N–H and O–H groups in total. The van der Waals surface area contributed by atoms with E-state index in [0.717, 1.165) is 16.7 Å². The molecule has 0 radical (unpaired) electrons. The summed E-state index contributed by atoms with van der Waals surface area (Å²) in [6.07, 6.45) is 1.65. The molecular weight excluding hydrogens is 290 g/mol. The van der Waals surface area contributed by atoms with E-state index in [4.69, 9.17) is 0 Å². The Morgan fingerprint density at radius 2 is 1.91 bits per heavy atom. The summed E-state index contributed by atoms with van der Waals surface area (Å²) in [6.45, 7) is 2.01. The molecule has 0 spiro atoms. The second-order valence-corrected chi connectivity index (χ2v) is 5.00. The van der Waals surface area contributed by atoms with E-state index < -0.39 is 0 Å². The molecule has 6 heteroatoms. The summed E-state index contributed by atoms with van der Waals surface area (Å²) in [5.41, 5.74) is 5.45. The minimum atomic E-state index is -0.320. The fraction of sp³-hybridized carbons (Fsp3) is 0.0588. The SMILES string of the molecule is Cc1cccc(/C=N/Nc2nnc(-c3ccccc3)c(=O)[nH]2)c1. The van der Waals surface area contributed by atoms with E-state index in [-0.39, 0.29) is 17.2 Å². The van der Waals surface area contributed by atoms with Crippen molar-refractivity contribution in [1.29, 1.82) is 0 Å². The third kappa shape index (κ3) is 3.68. The summed E-state index contributed by atoms with van der Waals surface area (Å²) in [5, 5.41) is 11.9. The van der Waals surface area contributed by atoms with Crippen LogP contribution in [0.15, 0.2) is 64.5 Å². The van der Waals surface area contributed by atoms with Crippen LogP contribution in [0.1, 0.15) is 11.1 Å². The number of nitrogens with zero attached hydrogens (tertiary/aromatic N) is 3. The van der Waals surface area contributed by atoms with Gasteiger partial charge in [0.15, 0.2) is 5.69 Å². The molecule has 23 heavy (non-hydrogen) atoms. The Labute approximate surface area is 132 Å². The molecule has 0 unspecified atom stereocenters. The molecular formula is C17H15N5O. The highest BCUT2D eigenvalue weighted by atomic mass is 16.1. The molecule has 6 nitrogen and oxygen atoms in total. The van der Waals surface area contributed by atoms with Crippen LogP contribution in [0.3, 0.4) is 0 Å². The molecule has 3 aromatic rings. The molecule has 0 aliphatic heterocycles. The van der Waals surface area contributed by atoms with Crippen LogP contribution in [0.2, 0.25) is 0 Å². The molecule has 0 aliphatic rings. The number of H-pyrrole nitrogens is 1. The van der Waals surface area contributed by atoms with Gasteiger partial charge in [0.05, 0.1) is 6.21 Å². The number of anilines is 1. The van der Waals surface area contributed by atoms with Crippen LogP contribution >= 0.6 is 0 Å². The Morgan fingerprint density at radius 3 is 2.65 bits per heavy atom. The predicted molar refractivity (Wildman–Crippen MR) is 90.5 cm³/mol. The van der Waals surface area contributed by atoms with E-state index in [1.807, 2.05) is 61.5 Å². The van der Waals surface area contributed by atoms with Crippen molar-refractivity contribution in [2.45, 2.75) is 6.92 Å². The van der Waals surface area contributed by atoms with Gasteiger partial charge in [-0.05, 0) is 12.5 Å². The van der Waals surface area contributed by atoms with Gasteiger partial charge in [-0.2, -0.15) is 5.10 Å². The summed E-state index contributed by atoms with van der Waals surface area (Å²) < 4.78 is 0. The van der Waals surface area contributed by atoms with Crippen molar-refractivity contribution in [2.24, 2.45) is 5.10 Å². The summed E-state index contributed by atoms with van der Waals surface area (Å²) in [5.74, 6) is 0.193. The van der Waals surface area contributed by atoms with E-state index in [1.165, 1.54) is 0 Å². The van der Waals surface area contributed by atoms with Gasteiger partial charge in [0.2, 0.25) is 5.95 Å². The number of aromatic amines is 1. The Hall–Kier alpha value is -3.28. The Bertz CT molecular complexity index is 887. The van der Waals surface area contributed by atoms with E-state index in [1.54, 1.807) is 6.21 Å². The highest BCUT2D eigenvalue weighted by Gasteiger charge is 2.06. The molecule has 3 rings (SSSR count). The van der Waals surface area contributed by atoms with Gasteiger partial charge in [0.25, 0.3) is 5.56 Å². The second kappa shape index (κ2) is 6.65. The molecule has 0 bridgehead atoms. The number of aromatic nitrogens is 3. The molecule has 114 valence electrons. The third-order valence-electron chi connectivity index (χ3n) is 3.17. The van der Waals surface area contributed by atoms with Crippen LogP contribution < -0.4 is 11.0 Å². The summed E-state index contributed by atoms with van der Waals surface area (Å²) in [7, 11) is 0. The maximum atomic E-state index is 12.1. The number of nitrogens with one attached hydrogen (secondary N) is 2. The van der Waals surface area contributed by atoms with E-state index in [9.17, 15) is 4.79 Å². The molecule has 0 saturated heterocycles. The molecule has 0 saturated carbocycles. The molecule has 0 fully saturated rings. The monoisotopic (exact) mass is 305 g/mol. The lowest BCUT2D eigenvalue weighted by Crippen LogP contribution is -2.15. The lowest BCUT2D eigenvalue weighted by molar-refractivity contribution is 0.947. The van der Waals surface area contributed by atoms with Crippen LogP contribution in [0.25, 0.3) is 11.3 Å². The van der Waals surface area contributed by atoms with Gasteiger partial charge >= 0.3 is 0 Å². The number of rotatable bonds is 4. The predicted octanol–water partition coefficient (Wildman–Crippen LogP) is 2.59. The first kappa shape index (κ1) is 14.6. The average molecular weight is 305 g/mol. The van der Waals surface area contributed by atoms with E-state index in [2.05, 4.69) is 25.7 Å². The highest BCUT2D eigenvalue weighted by Crippen LogP contribution is 2.10. The van der Waals surface area contributed by atoms with Gasteiger partial charge in [-0.3, -0.25) is 9.78 Å². The largest absolute Gasteiger partial charge is 0.288 e. The van der Waals surface area contributed by atoms with Crippen LogP contribution in [0.5, 0.6) is 0 Å². The normalized spacial score (nSPS) is 10.8. The fourth-order valence-corrected chi connectivity index (χ4v) is 2.09. The maximum absolute atomic E-state index is 12.1. The molecule has 1 aromatic heterocycles. The van der Waals surface area contributed by atoms with Crippen molar-refractivity contribution >= 4 is 12.2 Å². The van der Waals surface area contributed by atoms with Gasteiger partial charge < -0.3 is 0 Å². The molecule has 2 aromatic carbocycles. The zero-order valence-corrected chi connectivity index (χ0v) is 12.5. The van der Waals surface area contributed by atoms with Gasteiger partial charge in [-0.1, -0.05) is 60.2 Å². The van der Waals surface area contributed by atoms with Crippen LogP contribution in [-0.2, 0) is 0 Å². The lowest BCUT2D eigenvalue weighted by atomic mass is 10.2. The topological polar surface area (TPSA) is 83.0 Å². The van der Waals surface area contributed by atoms with Crippen LogP contribution in [0.4, 0.5) is 5.95 Å². The Balaban J connectivity index is 1.75. The quantitative estimate of drug-likeness (QED) is 0.573. The Kier molecular flexibility index (Phi) is 4.24. The van der Waals surface area contributed by atoms with Crippen molar-refractivity contribution in [2.75, 3.05) is 5.43 Å². The van der Waals surface area contributed by atoms with Gasteiger partial charge in [-0.25, -0.2) is 5.43 Å². The minimum absolute atomic E-state index is 0.193. The maximum Gasteiger partial charge on any atom is 0.279 e. The number of aryl methyl sites for hydroxylation is 1. The average Bonchev–Trinajstić information content (AvgIpc) is 2.56. The summed E-state index contributed by atoms with van der Waals surface area (Å²) in [6, 6.07) is 17.1. The first-order valence-electron chi connectivity index (χ1n) is 7.10. The smallest absolute Gasteiger partial charge is 0.279 e. The highest BCUT2D eigenvalue weighted by molar-refractivity contribution is 5.80. The van der Waals surface area contributed by atoms with Gasteiger partial charge in [-0.15, -0.1) is 10.2 Å². The molecule has 0 amide bonds. The van der Waals surface area contributed by atoms with Gasteiger partial charge in [0.1, 0.15) is 0 Å². The van der Waals surface area contributed by atoms with E-state index in [0.29, 0.717) is 0 Å². The van der Waals surface area contributed by atoms with Crippen LogP contribution in [-0.4, -0.2) is 21.4 Å². The van der Waals surface area contributed by atoms with Crippen molar-refractivity contribution < 1.29 is 0 Å².